The van der Waals surface area contributed by atoms with Gasteiger partial charge in [0.2, 0.25) is 0 Å². The van der Waals surface area contributed by atoms with Crippen molar-refractivity contribution < 1.29 is 0 Å². The molecule has 1 N–H and O–H groups in total. The molecule has 0 spiro atoms. The fraction of sp³-hybridized carbons (Fsp3) is 0.250. The van der Waals surface area contributed by atoms with Gasteiger partial charge < -0.3 is 5.32 Å². The van der Waals surface area contributed by atoms with E-state index in [-0.39, 0.29) is 0 Å². The second-order valence-electron chi connectivity index (χ2n) is 3.98. The van der Waals surface area contributed by atoms with Gasteiger partial charge in [-0.05, 0) is 25.1 Å². The molecule has 6 heteroatoms. The van der Waals surface area contributed by atoms with E-state index >= 15 is 0 Å². The van der Waals surface area contributed by atoms with E-state index < -0.39 is 0 Å². The van der Waals surface area contributed by atoms with E-state index in [1.807, 2.05) is 26.1 Å². The zero-order valence-electron chi connectivity index (χ0n) is 9.97. The maximum absolute atomic E-state index is 6.17. The molecule has 0 fully saturated rings. The van der Waals surface area contributed by atoms with Gasteiger partial charge in [-0.25, -0.2) is 0 Å². The molecule has 0 aliphatic carbocycles. The van der Waals surface area contributed by atoms with Crippen molar-refractivity contribution in [2.75, 3.05) is 5.32 Å². The van der Waals surface area contributed by atoms with Gasteiger partial charge in [-0.3, -0.25) is 4.68 Å². The van der Waals surface area contributed by atoms with Gasteiger partial charge in [-0.2, -0.15) is 5.10 Å². The highest BCUT2D eigenvalue weighted by Crippen LogP contribution is 2.24. The molecule has 0 aliphatic rings. The van der Waals surface area contributed by atoms with Crippen LogP contribution in [0.25, 0.3) is 0 Å². The summed E-state index contributed by atoms with van der Waals surface area (Å²) in [7, 11) is 1.86. The third-order valence-electron chi connectivity index (χ3n) is 2.58. The van der Waals surface area contributed by atoms with Crippen LogP contribution in [0.1, 0.15) is 11.4 Å². The summed E-state index contributed by atoms with van der Waals surface area (Å²) in [6.45, 7) is 2.44. The van der Waals surface area contributed by atoms with Crippen LogP contribution >= 0.6 is 34.8 Å². The first-order valence-corrected chi connectivity index (χ1v) is 6.48. The predicted molar refractivity (Wildman–Crippen MR) is 76.7 cm³/mol. The summed E-state index contributed by atoms with van der Waals surface area (Å²) in [5.41, 5.74) is 2.59. The second kappa shape index (κ2) is 5.39. The third kappa shape index (κ3) is 2.91. The quantitative estimate of drug-likeness (QED) is 0.916. The number of anilines is 1. The van der Waals surface area contributed by atoms with Gasteiger partial charge in [0.1, 0.15) is 0 Å². The normalized spacial score (nSPS) is 10.7. The zero-order valence-corrected chi connectivity index (χ0v) is 12.2. The maximum Gasteiger partial charge on any atom is 0.0865 e. The van der Waals surface area contributed by atoms with Crippen molar-refractivity contribution in [3.63, 3.8) is 0 Å². The minimum Gasteiger partial charge on any atom is -0.379 e. The highest BCUT2D eigenvalue weighted by atomic mass is 35.5. The van der Waals surface area contributed by atoms with Gasteiger partial charge >= 0.3 is 0 Å². The van der Waals surface area contributed by atoms with Crippen molar-refractivity contribution in [2.45, 2.75) is 13.5 Å². The van der Waals surface area contributed by atoms with E-state index in [9.17, 15) is 0 Å². The summed E-state index contributed by atoms with van der Waals surface area (Å²) in [5.74, 6) is 0. The number of aromatic nitrogens is 2. The van der Waals surface area contributed by atoms with Crippen LogP contribution in [-0.4, -0.2) is 9.78 Å². The number of rotatable bonds is 3. The highest BCUT2D eigenvalue weighted by molar-refractivity contribution is 6.35. The monoisotopic (exact) mass is 303 g/mol. The number of hydrogen-bond donors (Lipinski definition) is 1. The van der Waals surface area contributed by atoms with E-state index in [2.05, 4.69) is 10.4 Å². The van der Waals surface area contributed by atoms with Crippen LogP contribution in [0.4, 0.5) is 5.69 Å². The highest BCUT2D eigenvalue weighted by Gasteiger charge is 2.10. The Morgan fingerprint density at radius 1 is 1.17 bits per heavy atom. The van der Waals surface area contributed by atoms with Crippen LogP contribution in [-0.2, 0) is 13.6 Å². The lowest BCUT2D eigenvalue weighted by molar-refractivity contribution is 0.713. The van der Waals surface area contributed by atoms with Gasteiger partial charge in [0.05, 0.1) is 23.0 Å². The lowest BCUT2D eigenvalue weighted by Crippen LogP contribution is -2.05. The first kappa shape index (κ1) is 13.5. The van der Waals surface area contributed by atoms with E-state index in [4.69, 9.17) is 34.8 Å². The standard InChI is InChI=1S/C12H12Cl3N3/c1-7-12(15)11(18(2)17-7)6-16-10-4-8(13)3-9(14)5-10/h3-5,16H,6H2,1-2H3. The van der Waals surface area contributed by atoms with Crippen molar-refractivity contribution in [3.8, 4) is 0 Å². The Kier molecular flexibility index (Phi) is 4.05. The third-order valence-corrected chi connectivity index (χ3v) is 3.51. The molecule has 2 rings (SSSR count). The molecule has 0 radical (unpaired) electrons. The topological polar surface area (TPSA) is 29.9 Å². The first-order chi connectivity index (χ1) is 8.47. The smallest absolute Gasteiger partial charge is 0.0865 e. The summed E-state index contributed by atoms with van der Waals surface area (Å²) in [6.07, 6.45) is 0. The minimum absolute atomic E-state index is 0.562. The van der Waals surface area contributed by atoms with Crippen molar-refractivity contribution >= 4 is 40.5 Å². The number of nitrogens with one attached hydrogen (secondary N) is 1. The lowest BCUT2D eigenvalue weighted by Gasteiger charge is -2.08. The van der Waals surface area contributed by atoms with Crippen LogP contribution < -0.4 is 5.32 Å². The number of aryl methyl sites for hydroxylation is 2. The largest absolute Gasteiger partial charge is 0.379 e. The number of halogens is 3. The van der Waals surface area contributed by atoms with Crippen LogP contribution in [0.2, 0.25) is 15.1 Å². The molecule has 3 nitrogen and oxygen atoms in total. The van der Waals surface area contributed by atoms with E-state index in [0.29, 0.717) is 21.6 Å². The van der Waals surface area contributed by atoms with Gasteiger partial charge in [0, 0.05) is 22.8 Å². The van der Waals surface area contributed by atoms with Gasteiger partial charge in [0.15, 0.2) is 0 Å². The molecule has 1 heterocycles. The van der Waals surface area contributed by atoms with Crippen LogP contribution in [0.15, 0.2) is 18.2 Å². The van der Waals surface area contributed by atoms with Crippen molar-refractivity contribution in [3.05, 3.63) is 44.7 Å². The minimum atomic E-state index is 0.562. The second-order valence-corrected chi connectivity index (χ2v) is 5.23. The Morgan fingerprint density at radius 3 is 2.28 bits per heavy atom. The molecule has 0 saturated heterocycles. The van der Waals surface area contributed by atoms with Crippen LogP contribution in [0.5, 0.6) is 0 Å². The van der Waals surface area contributed by atoms with Crippen molar-refractivity contribution in [2.24, 2.45) is 7.05 Å². The Labute approximate surface area is 121 Å². The van der Waals surface area contributed by atoms with Crippen LogP contribution in [0.3, 0.4) is 0 Å². The van der Waals surface area contributed by atoms with Crippen molar-refractivity contribution in [1.82, 2.24) is 9.78 Å². The summed E-state index contributed by atoms with van der Waals surface area (Å²) >= 11 is 18.0. The maximum atomic E-state index is 6.17. The molecule has 2 aromatic rings. The van der Waals surface area contributed by atoms with E-state index in [0.717, 1.165) is 17.1 Å². The Morgan fingerprint density at radius 2 is 1.78 bits per heavy atom. The molecular weight excluding hydrogens is 293 g/mol. The molecule has 1 aromatic carbocycles. The molecule has 96 valence electrons. The fourth-order valence-corrected chi connectivity index (χ4v) is 2.47. The number of hydrogen-bond acceptors (Lipinski definition) is 2. The number of benzene rings is 1. The van der Waals surface area contributed by atoms with E-state index in [1.54, 1.807) is 10.7 Å². The lowest BCUT2D eigenvalue weighted by atomic mass is 10.3. The van der Waals surface area contributed by atoms with Crippen LogP contribution in [0, 0.1) is 6.92 Å². The first-order valence-electron chi connectivity index (χ1n) is 5.35. The molecule has 18 heavy (non-hydrogen) atoms. The molecule has 0 amide bonds. The molecule has 0 bridgehead atoms. The number of nitrogens with zero attached hydrogens (tertiary/aromatic N) is 2. The SMILES string of the molecule is Cc1nn(C)c(CNc2cc(Cl)cc(Cl)c2)c1Cl. The fourth-order valence-electron chi connectivity index (χ4n) is 1.71. The Balaban J connectivity index is 2.16. The Bertz CT molecular complexity index is 558. The average Bonchev–Trinajstić information content (AvgIpc) is 2.50. The molecule has 1 aromatic heterocycles. The molecular formula is C12H12Cl3N3. The Hall–Kier alpha value is -0.900. The van der Waals surface area contributed by atoms with Crippen molar-refractivity contribution in [1.29, 1.82) is 0 Å². The molecule has 0 atom stereocenters. The zero-order chi connectivity index (χ0) is 13.3. The molecule has 0 unspecified atom stereocenters. The summed E-state index contributed by atoms with van der Waals surface area (Å²) in [4.78, 5) is 0. The van der Waals surface area contributed by atoms with Gasteiger partial charge in [-0.15, -0.1) is 0 Å². The predicted octanol–water partition coefficient (Wildman–Crippen LogP) is 4.30. The average molecular weight is 305 g/mol. The van der Waals surface area contributed by atoms with Gasteiger partial charge in [-0.1, -0.05) is 34.8 Å². The molecule has 0 saturated carbocycles. The summed E-state index contributed by atoms with van der Waals surface area (Å²) in [6, 6.07) is 5.31. The van der Waals surface area contributed by atoms with Gasteiger partial charge in [0.25, 0.3) is 0 Å². The summed E-state index contributed by atoms with van der Waals surface area (Å²) in [5, 5.41) is 9.34. The van der Waals surface area contributed by atoms with E-state index in [1.165, 1.54) is 0 Å². The summed E-state index contributed by atoms with van der Waals surface area (Å²) < 4.78 is 1.76. The molecule has 0 aliphatic heterocycles.